The Balaban J connectivity index is -0.000000159. The first-order valence-corrected chi connectivity index (χ1v) is 17.9. The van der Waals surface area contributed by atoms with Crippen LogP contribution in [-0.4, -0.2) is 105 Å². The van der Waals surface area contributed by atoms with Gasteiger partial charge in [-0.2, -0.15) is 0 Å². The van der Waals surface area contributed by atoms with E-state index >= 15 is 0 Å². The normalized spacial score (nSPS) is 16.9. The van der Waals surface area contributed by atoms with Gasteiger partial charge in [0.2, 0.25) is 0 Å². The summed E-state index contributed by atoms with van der Waals surface area (Å²) in [6.07, 6.45) is -1.37. The van der Waals surface area contributed by atoms with Gasteiger partial charge in [0.15, 0.2) is 6.10 Å². The van der Waals surface area contributed by atoms with Crippen molar-refractivity contribution in [1.82, 2.24) is 9.80 Å². The van der Waals surface area contributed by atoms with Crippen molar-refractivity contribution in [2.75, 3.05) is 14.1 Å². The number of amides is 2. The Hall–Kier alpha value is -5.18. The molecule has 15 nitrogen and oxygen atoms in total. The lowest BCUT2D eigenvalue weighted by molar-refractivity contribution is -0.171. The van der Waals surface area contributed by atoms with Gasteiger partial charge in [-0.3, -0.25) is 9.80 Å². The zero-order valence-electron chi connectivity index (χ0n) is 49.5. The van der Waals surface area contributed by atoms with Crippen LogP contribution in [-0.2, 0) is 56.1 Å². The molecule has 15 heteroatoms. The molecule has 2 saturated carbocycles. The molecule has 0 spiro atoms. The van der Waals surface area contributed by atoms with Gasteiger partial charge in [-0.25, -0.2) is 28.8 Å². The van der Waals surface area contributed by atoms with E-state index in [0.717, 1.165) is 11.1 Å². The molecule has 2 N–H and O–H groups in total. The third-order valence-corrected chi connectivity index (χ3v) is 8.25. The van der Waals surface area contributed by atoms with Crippen molar-refractivity contribution >= 4 is 36.1 Å². The van der Waals surface area contributed by atoms with Gasteiger partial charge < -0.3 is 33.9 Å². The molecule has 0 bridgehead atoms. The molecule has 2 amide bonds. The minimum Gasteiger partial charge on any atom is -0.479 e. The van der Waals surface area contributed by atoms with Gasteiger partial charge in [-0.1, -0.05) is 60.7 Å². The summed E-state index contributed by atoms with van der Waals surface area (Å²) in [5.74, 6) is -2.82. The number of nitrogens with zero attached hydrogens (tertiary/aromatic N) is 2. The van der Waals surface area contributed by atoms with Gasteiger partial charge in [-0.05, 0) is 92.2 Å². The highest BCUT2D eigenvalue weighted by molar-refractivity contribution is 5.90. The second kappa shape index (κ2) is 19.4. The number of hydrogen-bond donors (Lipinski definition) is 2. The van der Waals surface area contributed by atoms with E-state index in [0.29, 0.717) is 25.7 Å². The summed E-state index contributed by atoms with van der Waals surface area (Å²) in [4.78, 5) is 72.7. The largest absolute Gasteiger partial charge is 0.479 e. The summed E-state index contributed by atoms with van der Waals surface area (Å²) in [6.45, 7) is 13.7. The zero-order chi connectivity index (χ0) is 57.8. The number of hydrogen-bond acceptors (Lipinski definition) is 12. The molecular weight excluding hydrogens is 716 g/mol. The van der Waals surface area contributed by atoms with E-state index in [1.165, 1.54) is 37.7 Å². The summed E-state index contributed by atoms with van der Waals surface area (Å²) in [6, 6.07) is 18.6. The molecule has 0 radical (unpaired) electrons. The Morgan fingerprint density at radius 1 is 0.691 bits per heavy atom. The summed E-state index contributed by atoms with van der Waals surface area (Å²) < 4.78 is 106. The van der Waals surface area contributed by atoms with Crippen LogP contribution in [0.25, 0.3) is 0 Å². The van der Waals surface area contributed by atoms with Crippen molar-refractivity contribution in [2.45, 2.75) is 129 Å². The van der Waals surface area contributed by atoms with Gasteiger partial charge in [-0.15, -0.1) is 0 Å². The number of carbonyl (C=O) groups excluding carboxylic acids is 5. The van der Waals surface area contributed by atoms with Crippen LogP contribution in [0.5, 0.6) is 0 Å². The number of aliphatic hydroxyl groups is 1. The number of aliphatic hydroxyl groups excluding tert-OH is 1. The molecule has 0 unspecified atom stereocenters. The minimum atomic E-state index is -1.07. The molecule has 2 aliphatic rings. The van der Waals surface area contributed by atoms with E-state index in [1.807, 2.05) is 60.7 Å². The zero-order valence-corrected chi connectivity index (χ0v) is 33.5. The Morgan fingerprint density at radius 3 is 1.38 bits per heavy atom. The summed E-state index contributed by atoms with van der Waals surface area (Å²) >= 11 is 0. The SMILES string of the molecule is CN(C(=O)OC(C)(C)C)C1(C(=O)O)CC1.C[C@@H](OC(=O)C1(N(C)C(=O)OC(C)(C)C)CC1)C(=O)OCc1ccccc1.C[C@H](O)C(=O)OCc1ccccc1.[2H][2H].[2H][2H].[2H][2H].[2H][2H].[2H][2H].[2H][2H].[2H][2H].[2H][2H]. The lowest BCUT2D eigenvalue weighted by atomic mass is 10.2. The number of benzene rings is 2. The number of carboxylic acid groups (broad SMARTS) is 1. The molecule has 4 rings (SSSR count). The predicted octanol–water partition coefficient (Wildman–Crippen LogP) is 7.61. The van der Waals surface area contributed by atoms with Crippen molar-refractivity contribution < 1.29 is 86.4 Å². The van der Waals surface area contributed by atoms with Crippen LogP contribution in [0.1, 0.15) is 116 Å². The molecule has 2 aliphatic carbocycles. The van der Waals surface area contributed by atoms with E-state index in [-0.39, 0.29) is 13.2 Å². The summed E-state index contributed by atoms with van der Waals surface area (Å²) in [5, 5.41) is 17.8. The fourth-order valence-electron chi connectivity index (χ4n) is 4.63. The summed E-state index contributed by atoms with van der Waals surface area (Å²) in [5.41, 5.74) is -1.61. The standard InChI is InChI=1S/C20H27NO6.C10H17NO4.C10H12O3.8H2/c1-14(16(22)25-13-15-9-7-6-8-10-15)26-17(23)20(11-12-20)21(5)18(24)27-19(2,3)4;1-9(2,3)15-8(14)11(4)10(5-6-10)7(12)13;1-8(11)10(12)13-7-9-5-3-2-4-6-9;;;;;;;;/h6-10,14H,11-13H2,1-5H3;5-6H2,1-4H3,(H,12,13);2-6,8,11H,7H2,1H3;8*1H/t14-;;8-;;;;;;;;/m1.0......../s1/i;;;8*1+1D. The first kappa shape index (κ1) is 34.3. The second-order valence-electron chi connectivity index (χ2n) is 15.4. The quantitative estimate of drug-likeness (QED) is 0.167. The maximum atomic E-state index is 12.5. The lowest BCUT2D eigenvalue weighted by Gasteiger charge is -2.30. The van der Waals surface area contributed by atoms with E-state index in [9.17, 15) is 28.8 Å². The molecule has 320 valence electrons. The van der Waals surface area contributed by atoms with Crippen LogP contribution in [0.2, 0.25) is 0 Å². The van der Waals surface area contributed by atoms with E-state index in [2.05, 4.69) is 0 Å². The minimum absolute atomic E-state index is 0.102. The first-order chi connectivity index (χ1) is 33.4. The Bertz CT molecular complexity index is 1660. The third kappa shape index (κ3) is 14.9. The predicted molar refractivity (Wildman–Crippen MR) is 216 cm³/mol. The number of likely N-dealkylation sites (N-methyl/N-ethyl adjacent to an activating group) is 2. The Morgan fingerprint density at radius 2 is 1.05 bits per heavy atom. The van der Waals surface area contributed by atoms with Crippen molar-refractivity contribution in [3.8, 4) is 0 Å². The Kier molecular flexibility index (Phi) is 12.1. The molecule has 0 aromatic heterocycles. The average Bonchev–Trinajstić information content (AvgIpc) is 4.33. The summed E-state index contributed by atoms with van der Waals surface area (Å²) in [7, 11) is 2.97. The van der Waals surface area contributed by atoms with Crippen molar-refractivity contribution in [1.29, 1.82) is 0 Å². The molecule has 0 saturated heterocycles. The third-order valence-electron chi connectivity index (χ3n) is 8.25. The fraction of sp³-hybridized carbons (Fsp3) is 0.550. The molecule has 55 heavy (non-hydrogen) atoms. The molecular formula is C40H72N2O13. The number of ether oxygens (including phenoxy) is 5. The number of aliphatic carboxylic acids is 1. The molecule has 2 fully saturated rings. The van der Waals surface area contributed by atoms with Gasteiger partial charge in [0.25, 0.3) is 0 Å². The van der Waals surface area contributed by atoms with Crippen LogP contribution in [0.3, 0.4) is 0 Å². The highest BCUT2D eigenvalue weighted by Gasteiger charge is 2.58. The maximum absolute atomic E-state index is 12.5. The van der Waals surface area contributed by atoms with E-state index < -0.39 is 70.6 Å². The van der Waals surface area contributed by atoms with Gasteiger partial charge in [0.05, 0.1) is 0 Å². The smallest absolute Gasteiger partial charge is 0.410 e. The fourth-order valence-corrected chi connectivity index (χ4v) is 4.63. The number of carboxylic acids is 1. The number of esters is 3. The highest BCUT2D eigenvalue weighted by atomic mass is 16.6. The molecule has 0 heterocycles. The number of carbonyl (C=O) groups is 6. The van der Waals surface area contributed by atoms with Crippen LogP contribution < -0.4 is 0 Å². The highest BCUT2D eigenvalue weighted by Crippen LogP contribution is 2.43. The van der Waals surface area contributed by atoms with E-state index in [4.69, 9.17) is 57.7 Å². The van der Waals surface area contributed by atoms with Crippen LogP contribution in [0.4, 0.5) is 9.59 Å². The molecule has 2 aromatic carbocycles. The topological polar surface area (TPSA) is 196 Å². The first-order valence-electron chi connectivity index (χ1n) is 25.9. The van der Waals surface area contributed by atoms with Crippen LogP contribution in [0, 0.1) is 0 Å². The van der Waals surface area contributed by atoms with Crippen LogP contribution in [0.15, 0.2) is 60.7 Å². The van der Waals surface area contributed by atoms with Gasteiger partial charge in [0, 0.05) is 37.9 Å². The van der Waals surface area contributed by atoms with Crippen molar-refractivity contribution in [3.63, 3.8) is 0 Å². The van der Waals surface area contributed by atoms with E-state index in [1.54, 1.807) is 41.5 Å². The number of rotatable bonds is 11. The van der Waals surface area contributed by atoms with Gasteiger partial charge in [0.1, 0.15) is 41.6 Å². The molecule has 2 aromatic rings. The van der Waals surface area contributed by atoms with Crippen molar-refractivity contribution in [3.05, 3.63) is 71.8 Å². The monoisotopic (exact) mass is 805 g/mol. The molecule has 0 aliphatic heterocycles. The Labute approximate surface area is 347 Å². The lowest BCUT2D eigenvalue weighted by Crippen LogP contribution is -2.48. The van der Waals surface area contributed by atoms with Crippen molar-refractivity contribution in [2.24, 2.45) is 0 Å². The second-order valence-corrected chi connectivity index (χ2v) is 15.4. The molecule has 2 atom stereocenters. The maximum Gasteiger partial charge on any atom is 0.410 e. The van der Waals surface area contributed by atoms with Crippen LogP contribution >= 0.6 is 0 Å². The average molecular weight is 805 g/mol. The van der Waals surface area contributed by atoms with Gasteiger partial charge >= 0.3 is 36.1 Å².